The third-order valence-corrected chi connectivity index (χ3v) is 2.44. The molecule has 5 heteroatoms. The summed E-state index contributed by atoms with van der Waals surface area (Å²) < 4.78 is 23.8. The molecule has 0 aliphatic carbocycles. The van der Waals surface area contributed by atoms with Gasteiger partial charge < -0.3 is 5.32 Å². The monoisotopic (exact) mass is 165 g/mol. The van der Waals surface area contributed by atoms with Gasteiger partial charge in [0.25, 0.3) is 0 Å². The molecule has 0 heterocycles. The van der Waals surface area contributed by atoms with Crippen molar-refractivity contribution in [2.45, 2.75) is 6.92 Å². The van der Waals surface area contributed by atoms with E-state index in [9.17, 15) is 8.42 Å². The molecular weight excluding hydrogens is 152 g/mol. The zero-order valence-electron chi connectivity index (χ0n) is 6.29. The fourth-order valence-electron chi connectivity index (χ4n) is 0.415. The van der Waals surface area contributed by atoms with Gasteiger partial charge in [0.1, 0.15) is 0 Å². The van der Waals surface area contributed by atoms with Crippen molar-refractivity contribution in [2.24, 2.45) is 0 Å². The predicted molar refractivity (Wildman–Crippen MR) is 41.6 cm³/mol. The molecule has 0 unspecified atom stereocenters. The number of likely N-dealkylation sites (N-methyl/N-ethyl adjacent to an activating group) is 1. The summed E-state index contributed by atoms with van der Waals surface area (Å²) in [4.78, 5) is 0. The van der Waals surface area contributed by atoms with Crippen LogP contribution in [-0.2, 0) is 10.0 Å². The SMILES string of the molecule is CCS(=O)(=O)NCC[N-]C. The van der Waals surface area contributed by atoms with Crippen molar-refractivity contribution in [2.75, 3.05) is 25.9 Å². The van der Waals surface area contributed by atoms with Crippen LogP contribution in [0, 0.1) is 0 Å². The molecule has 10 heavy (non-hydrogen) atoms. The molecule has 0 aromatic rings. The molecule has 0 atom stereocenters. The Morgan fingerprint density at radius 3 is 2.50 bits per heavy atom. The molecule has 0 aliphatic rings. The lowest BCUT2D eigenvalue weighted by atomic mass is 10.7. The maximum absolute atomic E-state index is 10.7. The number of hydrogen-bond donors (Lipinski definition) is 1. The molecule has 0 spiro atoms. The van der Waals surface area contributed by atoms with E-state index in [4.69, 9.17) is 0 Å². The molecule has 0 aromatic carbocycles. The van der Waals surface area contributed by atoms with E-state index < -0.39 is 10.0 Å². The van der Waals surface area contributed by atoms with E-state index in [-0.39, 0.29) is 5.75 Å². The van der Waals surface area contributed by atoms with E-state index in [1.807, 2.05) is 0 Å². The van der Waals surface area contributed by atoms with Crippen LogP contribution >= 0.6 is 0 Å². The first-order chi connectivity index (χ1) is 4.62. The Bertz CT molecular complexity index is 164. The molecule has 62 valence electrons. The molecule has 4 nitrogen and oxygen atoms in total. The van der Waals surface area contributed by atoms with Crippen molar-refractivity contribution < 1.29 is 8.42 Å². The normalized spacial score (nSPS) is 11.8. The zero-order chi connectivity index (χ0) is 8.04. The smallest absolute Gasteiger partial charge is 0.211 e. The molecule has 0 aromatic heterocycles. The van der Waals surface area contributed by atoms with E-state index in [0.717, 1.165) is 0 Å². The minimum atomic E-state index is -3.00. The zero-order valence-corrected chi connectivity index (χ0v) is 7.11. The van der Waals surface area contributed by atoms with E-state index in [1.54, 1.807) is 14.0 Å². The lowest BCUT2D eigenvalue weighted by molar-refractivity contribution is 0.584. The molecule has 0 bridgehead atoms. The first kappa shape index (κ1) is 9.87. The van der Waals surface area contributed by atoms with Crippen molar-refractivity contribution >= 4 is 10.0 Å². The number of hydrogen-bond acceptors (Lipinski definition) is 2. The van der Waals surface area contributed by atoms with Crippen molar-refractivity contribution in [3.63, 3.8) is 0 Å². The Morgan fingerprint density at radius 1 is 1.50 bits per heavy atom. The Balaban J connectivity index is 3.49. The second kappa shape index (κ2) is 4.65. The summed E-state index contributed by atoms with van der Waals surface area (Å²) in [5, 5.41) is 3.75. The molecule has 0 saturated carbocycles. The molecular formula is C5H13N2O2S-. The molecule has 0 rings (SSSR count). The maximum atomic E-state index is 10.7. The first-order valence-electron chi connectivity index (χ1n) is 3.15. The highest BCUT2D eigenvalue weighted by molar-refractivity contribution is 7.89. The second-order valence-corrected chi connectivity index (χ2v) is 3.93. The van der Waals surface area contributed by atoms with Crippen LogP contribution in [0.15, 0.2) is 0 Å². The van der Waals surface area contributed by atoms with Crippen LogP contribution in [0.4, 0.5) is 0 Å². The molecule has 0 amide bonds. The summed E-state index contributed by atoms with van der Waals surface area (Å²) in [5.41, 5.74) is 0. The van der Waals surface area contributed by atoms with Crippen LogP contribution < -0.4 is 4.72 Å². The van der Waals surface area contributed by atoms with Gasteiger partial charge in [-0.1, -0.05) is 0 Å². The van der Waals surface area contributed by atoms with Crippen LogP contribution in [0.2, 0.25) is 0 Å². The lowest BCUT2D eigenvalue weighted by Crippen LogP contribution is -2.27. The van der Waals surface area contributed by atoms with Gasteiger partial charge in [-0.2, -0.15) is 7.05 Å². The van der Waals surface area contributed by atoms with Gasteiger partial charge in [-0.3, -0.25) is 0 Å². The van der Waals surface area contributed by atoms with E-state index in [2.05, 4.69) is 10.0 Å². The van der Waals surface area contributed by atoms with Gasteiger partial charge in [0, 0.05) is 0 Å². The van der Waals surface area contributed by atoms with Gasteiger partial charge in [-0.25, -0.2) is 13.1 Å². The van der Waals surface area contributed by atoms with E-state index >= 15 is 0 Å². The van der Waals surface area contributed by atoms with Crippen molar-refractivity contribution in [3.8, 4) is 0 Å². The number of nitrogens with zero attached hydrogens (tertiary/aromatic N) is 1. The van der Waals surface area contributed by atoms with E-state index in [0.29, 0.717) is 13.1 Å². The van der Waals surface area contributed by atoms with Gasteiger partial charge in [0.15, 0.2) is 0 Å². The van der Waals surface area contributed by atoms with Crippen LogP contribution in [-0.4, -0.2) is 34.3 Å². The molecule has 0 radical (unpaired) electrons. The van der Waals surface area contributed by atoms with E-state index in [1.165, 1.54) is 0 Å². The minimum Gasteiger partial charge on any atom is -0.664 e. The standard InChI is InChI=1S/C5H13N2O2S/c1-3-10(8,9)7-5-4-6-2/h7H,3-5H2,1-2H3/q-1. The van der Waals surface area contributed by atoms with Crippen molar-refractivity contribution in [3.05, 3.63) is 5.32 Å². The average Bonchev–Trinajstić information content (AvgIpc) is 1.89. The molecule has 1 N–H and O–H groups in total. The largest absolute Gasteiger partial charge is 0.664 e. The molecule has 0 aliphatic heterocycles. The van der Waals surface area contributed by atoms with Crippen molar-refractivity contribution in [1.29, 1.82) is 0 Å². The third-order valence-electron chi connectivity index (χ3n) is 1.04. The average molecular weight is 165 g/mol. The van der Waals surface area contributed by atoms with Crippen LogP contribution in [0.25, 0.3) is 5.32 Å². The maximum Gasteiger partial charge on any atom is 0.211 e. The Morgan fingerprint density at radius 2 is 2.10 bits per heavy atom. The lowest BCUT2D eigenvalue weighted by Gasteiger charge is -2.10. The van der Waals surface area contributed by atoms with Crippen molar-refractivity contribution in [1.82, 2.24) is 4.72 Å². The Kier molecular flexibility index (Phi) is 4.59. The second-order valence-electron chi connectivity index (χ2n) is 1.84. The third kappa shape index (κ3) is 4.72. The van der Waals surface area contributed by atoms with Gasteiger partial charge in [-0.05, 0) is 13.5 Å². The van der Waals surface area contributed by atoms with Gasteiger partial charge in [0.2, 0.25) is 10.0 Å². The van der Waals surface area contributed by atoms with Crippen LogP contribution in [0.5, 0.6) is 0 Å². The summed E-state index contributed by atoms with van der Waals surface area (Å²) in [6.45, 7) is 2.55. The summed E-state index contributed by atoms with van der Waals surface area (Å²) in [6, 6.07) is 0. The van der Waals surface area contributed by atoms with Crippen LogP contribution in [0.3, 0.4) is 0 Å². The number of rotatable bonds is 5. The summed E-state index contributed by atoms with van der Waals surface area (Å²) in [6.07, 6.45) is 0. The highest BCUT2D eigenvalue weighted by atomic mass is 32.2. The first-order valence-corrected chi connectivity index (χ1v) is 4.80. The van der Waals surface area contributed by atoms with Crippen LogP contribution in [0.1, 0.15) is 6.92 Å². The predicted octanol–water partition coefficient (Wildman–Crippen LogP) is -0.0708. The fraction of sp³-hybridized carbons (Fsp3) is 1.00. The number of sulfonamides is 1. The quantitative estimate of drug-likeness (QED) is 0.580. The Hall–Kier alpha value is -0.130. The number of nitrogens with one attached hydrogen (secondary N) is 1. The molecule has 0 saturated heterocycles. The summed E-state index contributed by atoms with van der Waals surface area (Å²) in [5.74, 6) is 0.136. The topological polar surface area (TPSA) is 60.3 Å². The highest BCUT2D eigenvalue weighted by Gasteiger charge is 2.01. The van der Waals surface area contributed by atoms with Gasteiger partial charge in [-0.15, -0.1) is 6.54 Å². The highest BCUT2D eigenvalue weighted by Crippen LogP contribution is 1.82. The van der Waals surface area contributed by atoms with Gasteiger partial charge in [0.05, 0.1) is 5.75 Å². The fourth-order valence-corrected chi connectivity index (χ4v) is 1.02. The molecule has 0 fully saturated rings. The summed E-state index contributed by atoms with van der Waals surface area (Å²) in [7, 11) is -1.35. The van der Waals surface area contributed by atoms with Gasteiger partial charge >= 0.3 is 0 Å². The minimum absolute atomic E-state index is 0.136. The summed E-state index contributed by atoms with van der Waals surface area (Å²) >= 11 is 0. The Labute approximate surface area is 62.1 Å².